The van der Waals surface area contributed by atoms with Gasteiger partial charge in [0.05, 0.1) is 26.9 Å². The van der Waals surface area contributed by atoms with Crippen LogP contribution in [0.25, 0.3) is 0 Å². The second kappa shape index (κ2) is 7.54. The van der Waals surface area contributed by atoms with Gasteiger partial charge in [0.15, 0.2) is 0 Å². The summed E-state index contributed by atoms with van der Waals surface area (Å²) in [5.41, 5.74) is 0.871. The van der Waals surface area contributed by atoms with Crippen LogP contribution >= 0.6 is 7.82 Å². The van der Waals surface area contributed by atoms with Gasteiger partial charge < -0.3 is 4.74 Å². The number of phosphoric ester groups is 1. The molecule has 0 saturated heterocycles. The van der Waals surface area contributed by atoms with E-state index >= 15 is 0 Å². The first kappa shape index (κ1) is 15.2. The molecule has 0 amide bonds. The predicted octanol–water partition coefficient (Wildman–Crippen LogP) is 3.39. The monoisotopic (exact) mass is 274 g/mol. The number of hydrogen-bond donors (Lipinski definition) is 0. The van der Waals surface area contributed by atoms with Gasteiger partial charge in [0.1, 0.15) is 5.75 Å². The molecule has 0 bridgehead atoms. The van der Waals surface area contributed by atoms with Gasteiger partial charge in [-0.15, -0.1) is 0 Å². The van der Waals surface area contributed by atoms with Crippen molar-refractivity contribution in [1.29, 1.82) is 0 Å². The first-order valence-corrected chi connectivity index (χ1v) is 7.26. The van der Waals surface area contributed by atoms with Crippen LogP contribution in [0.1, 0.15) is 19.4 Å². The van der Waals surface area contributed by atoms with Gasteiger partial charge >= 0.3 is 7.82 Å². The summed E-state index contributed by atoms with van der Waals surface area (Å²) < 4.78 is 32.4. The fourth-order valence-corrected chi connectivity index (χ4v) is 2.47. The van der Waals surface area contributed by atoms with Crippen LogP contribution in [0.2, 0.25) is 0 Å². The highest BCUT2D eigenvalue weighted by Gasteiger charge is 2.25. The molecular weight excluding hydrogens is 255 g/mol. The van der Waals surface area contributed by atoms with Crippen molar-refractivity contribution in [2.75, 3.05) is 20.3 Å². The standard InChI is InChI=1S/C12H19O5P/c1-4-15-18(13,16-5-2)17-10-11-6-8-12(14-3)9-7-11/h6-9H,4-5,10H2,1-3H3. The van der Waals surface area contributed by atoms with Gasteiger partial charge in [0.25, 0.3) is 0 Å². The fourth-order valence-electron chi connectivity index (χ4n) is 1.30. The normalized spacial score (nSPS) is 11.5. The van der Waals surface area contributed by atoms with Gasteiger partial charge in [0, 0.05) is 0 Å². The summed E-state index contributed by atoms with van der Waals surface area (Å²) in [6, 6.07) is 7.29. The molecule has 102 valence electrons. The molecule has 0 spiro atoms. The first-order chi connectivity index (χ1) is 8.63. The minimum atomic E-state index is -3.43. The number of hydrogen-bond acceptors (Lipinski definition) is 5. The Bertz CT molecular complexity index is 380. The van der Waals surface area contributed by atoms with E-state index in [9.17, 15) is 4.57 Å². The van der Waals surface area contributed by atoms with Crippen LogP contribution in [-0.4, -0.2) is 20.3 Å². The van der Waals surface area contributed by atoms with E-state index < -0.39 is 7.82 Å². The van der Waals surface area contributed by atoms with Gasteiger partial charge in [-0.25, -0.2) is 4.57 Å². The van der Waals surface area contributed by atoms with Gasteiger partial charge in [-0.05, 0) is 31.5 Å². The Hall–Kier alpha value is -0.870. The van der Waals surface area contributed by atoms with Crippen LogP contribution in [0.3, 0.4) is 0 Å². The van der Waals surface area contributed by atoms with E-state index in [0.717, 1.165) is 11.3 Å². The summed E-state index contributed by atoms with van der Waals surface area (Å²) in [5.74, 6) is 0.761. The van der Waals surface area contributed by atoms with E-state index in [1.807, 2.05) is 24.3 Å². The number of ether oxygens (including phenoxy) is 1. The molecule has 0 aliphatic heterocycles. The summed E-state index contributed by atoms with van der Waals surface area (Å²) in [6.45, 7) is 4.20. The highest BCUT2D eigenvalue weighted by Crippen LogP contribution is 2.49. The molecule has 0 N–H and O–H groups in total. The Morgan fingerprint density at radius 1 is 1.00 bits per heavy atom. The van der Waals surface area contributed by atoms with Crippen molar-refractivity contribution in [3.8, 4) is 5.75 Å². The molecule has 0 radical (unpaired) electrons. The first-order valence-electron chi connectivity index (χ1n) is 5.80. The van der Waals surface area contributed by atoms with Crippen LogP contribution in [0, 0.1) is 0 Å². The Labute approximate surface area is 108 Å². The van der Waals surface area contributed by atoms with Crippen LogP contribution in [0.4, 0.5) is 0 Å². The lowest BCUT2D eigenvalue weighted by molar-refractivity contribution is 0.116. The quantitative estimate of drug-likeness (QED) is 0.680. The van der Waals surface area contributed by atoms with Crippen molar-refractivity contribution >= 4 is 7.82 Å². The molecule has 1 aromatic carbocycles. The van der Waals surface area contributed by atoms with E-state index in [0.29, 0.717) is 0 Å². The number of methoxy groups -OCH3 is 1. The second-order valence-corrected chi connectivity index (χ2v) is 5.07. The molecule has 0 unspecified atom stereocenters. The molecule has 0 aliphatic carbocycles. The van der Waals surface area contributed by atoms with E-state index in [2.05, 4.69) is 0 Å². The van der Waals surface area contributed by atoms with E-state index in [1.54, 1.807) is 21.0 Å². The van der Waals surface area contributed by atoms with Gasteiger partial charge in [-0.2, -0.15) is 0 Å². The van der Waals surface area contributed by atoms with Crippen LogP contribution in [0.15, 0.2) is 24.3 Å². The maximum absolute atomic E-state index is 12.0. The second-order valence-electron chi connectivity index (χ2n) is 3.40. The largest absolute Gasteiger partial charge is 0.497 e. The molecule has 0 aliphatic rings. The van der Waals surface area contributed by atoms with Gasteiger partial charge in [-0.3, -0.25) is 13.6 Å². The fraction of sp³-hybridized carbons (Fsp3) is 0.500. The maximum Gasteiger partial charge on any atom is 0.475 e. The maximum atomic E-state index is 12.0. The third-order valence-electron chi connectivity index (χ3n) is 2.12. The molecule has 0 fully saturated rings. The minimum Gasteiger partial charge on any atom is -0.497 e. The highest BCUT2D eigenvalue weighted by molar-refractivity contribution is 7.48. The Balaban J connectivity index is 2.58. The van der Waals surface area contributed by atoms with Crippen molar-refractivity contribution in [3.63, 3.8) is 0 Å². The van der Waals surface area contributed by atoms with Crippen molar-refractivity contribution in [1.82, 2.24) is 0 Å². The average molecular weight is 274 g/mol. The zero-order valence-electron chi connectivity index (χ0n) is 10.9. The minimum absolute atomic E-state index is 0.168. The van der Waals surface area contributed by atoms with Gasteiger partial charge in [-0.1, -0.05) is 12.1 Å². The Kier molecular flexibility index (Phi) is 6.36. The average Bonchev–Trinajstić information content (AvgIpc) is 2.38. The van der Waals surface area contributed by atoms with Crippen molar-refractivity contribution in [2.24, 2.45) is 0 Å². The van der Waals surface area contributed by atoms with E-state index in [4.69, 9.17) is 18.3 Å². The third-order valence-corrected chi connectivity index (χ3v) is 3.72. The molecule has 0 saturated carbocycles. The van der Waals surface area contributed by atoms with Crippen molar-refractivity contribution in [2.45, 2.75) is 20.5 Å². The zero-order valence-corrected chi connectivity index (χ0v) is 11.8. The van der Waals surface area contributed by atoms with E-state index in [-0.39, 0.29) is 19.8 Å². The van der Waals surface area contributed by atoms with E-state index in [1.165, 1.54) is 0 Å². The van der Waals surface area contributed by atoms with Crippen LogP contribution < -0.4 is 4.74 Å². The highest BCUT2D eigenvalue weighted by atomic mass is 31.2. The Morgan fingerprint density at radius 2 is 1.56 bits per heavy atom. The number of benzene rings is 1. The lowest BCUT2D eigenvalue weighted by Gasteiger charge is -2.16. The molecule has 1 rings (SSSR count). The molecule has 0 atom stereocenters. The van der Waals surface area contributed by atoms with Crippen molar-refractivity contribution < 1.29 is 22.9 Å². The lowest BCUT2D eigenvalue weighted by Crippen LogP contribution is -2.00. The topological polar surface area (TPSA) is 54.0 Å². The summed E-state index contributed by atoms with van der Waals surface area (Å²) in [7, 11) is -1.83. The summed E-state index contributed by atoms with van der Waals surface area (Å²) in [4.78, 5) is 0. The molecule has 0 heterocycles. The summed E-state index contributed by atoms with van der Waals surface area (Å²) in [5, 5.41) is 0. The number of rotatable bonds is 8. The molecule has 1 aromatic rings. The van der Waals surface area contributed by atoms with Gasteiger partial charge in [0.2, 0.25) is 0 Å². The Morgan fingerprint density at radius 3 is 2.00 bits per heavy atom. The molecule has 5 nitrogen and oxygen atoms in total. The molecular formula is C12H19O5P. The SMILES string of the molecule is CCOP(=O)(OCC)OCc1ccc(OC)cc1. The van der Waals surface area contributed by atoms with Crippen LogP contribution in [-0.2, 0) is 24.7 Å². The zero-order chi connectivity index (χ0) is 13.4. The summed E-state index contributed by atoms with van der Waals surface area (Å²) in [6.07, 6.45) is 0. The third kappa shape index (κ3) is 4.78. The number of phosphoric acid groups is 1. The lowest BCUT2D eigenvalue weighted by atomic mass is 10.2. The molecule has 6 heteroatoms. The smallest absolute Gasteiger partial charge is 0.475 e. The predicted molar refractivity (Wildman–Crippen MR) is 68.6 cm³/mol. The van der Waals surface area contributed by atoms with Crippen LogP contribution in [0.5, 0.6) is 5.75 Å². The summed E-state index contributed by atoms with van der Waals surface area (Å²) >= 11 is 0. The molecule has 0 aromatic heterocycles. The molecule has 18 heavy (non-hydrogen) atoms. The van der Waals surface area contributed by atoms with Crippen molar-refractivity contribution in [3.05, 3.63) is 29.8 Å².